The van der Waals surface area contributed by atoms with E-state index in [9.17, 15) is 5.11 Å². The second-order valence-electron chi connectivity index (χ2n) is 4.94. The number of nitrogens with zero attached hydrogens (tertiary/aromatic N) is 3. The SMILES string of the molecule is COc1ccc(C(CO)N(C)Cc2ncc(Cl)n2C)cc1. The van der Waals surface area contributed by atoms with E-state index in [1.54, 1.807) is 13.3 Å². The number of aliphatic hydroxyl groups is 1. The summed E-state index contributed by atoms with van der Waals surface area (Å²) in [6, 6.07) is 7.60. The van der Waals surface area contributed by atoms with Gasteiger partial charge in [0.25, 0.3) is 0 Å². The topological polar surface area (TPSA) is 50.5 Å². The molecule has 0 amide bonds. The van der Waals surface area contributed by atoms with Crippen LogP contribution in [-0.2, 0) is 13.6 Å². The first kappa shape index (κ1) is 15.8. The van der Waals surface area contributed by atoms with Crippen molar-refractivity contribution in [1.29, 1.82) is 0 Å². The fourth-order valence-electron chi connectivity index (χ4n) is 2.23. The van der Waals surface area contributed by atoms with Crippen LogP contribution in [0.3, 0.4) is 0 Å². The lowest BCUT2D eigenvalue weighted by molar-refractivity contribution is 0.139. The summed E-state index contributed by atoms with van der Waals surface area (Å²) in [6.45, 7) is 0.626. The van der Waals surface area contributed by atoms with Gasteiger partial charge in [-0.2, -0.15) is 0 Å². The maximum Gasteiger partial charge on any atom is 0.128 e. The number of aromatic nitrogens is 2. The van der Waals surface area contributed by atoms with E-state index in [1.165, 1.54) is 0 Å². The molecule has 0 bridgehead atoms. The van der Waals surface area contributed by atoms with E-state index in [-0.39, 0.29) is 12.6 Å². The fraction of sp³-hybridized carbons (Fsp3) is 0.400. The Labute approximate surface area is 129 Å². The smallest absolute Gasteiger partial charge is 0.128 e. The van der Waals surface area contributed by atoms with Gasteiger partial charge in [-0.05, 0) is 24.7 Å². The van der Waals surface area contributed by atoms with E-state index >= 15 is 0 Å². The van der Waals surface area contributed by atoms with Crippen molar-refractivity contribution < 1.29 is 9.84 Å². The summed E-state index contributed by atoms with van der Waals surface area (Å²) in [6.07, 6.45) is 1.63. The van der Waals surface area contributed by atoms with Gasteiger partial charge in [-0.1, -0.05) is 23.7 Å². The minimum Gasteiger partial charge on any atom is -0.497 e. The highest BCUT2D eigenvalue weighted by Gasteiger charge is 2.18. The minimum absolute atomic E-state index is 0.0288. The Balaban J connectivity index is 2.13. The van der Waals surface area contributed by atoms with E-state index in [1.807, 2.05) is 47.8 Å². The van der Waals surface area contributed by atoms with Crippen LogP contribution in [0.25, 0.3) is 0 Å². The molecule has 1 unspecified atom stereocenters. The molecule has 0 saturated carbocycles. The zero-order chi connectivity index (χ0) is 15.4. The summed E-state index contributed by atoms with van der Waals surface area (Å²) in [4.78, 5) is 6.32. The van der Waals surface area contributed by atoms with Crippen LogP contribution in [0.2, 0.25) is 5.15 Å². The predicted octanol–water partition coefficient (Wildman–Crippen LogP) is 2.25. The Bertz CT molecular complexity index is 583. The second kappa shape index (κ2) is 6.93. The lowest BCUT2D eigenvalue weighted by Gasteiger charge is -2.26. The highest BCUT2D eigenvalue weighted by Crippen LogP contribution is 2.23. The molecule has 0 aliphatic carbocycles. The molecule has 1 atom stereocenters. The van der Waals surface area contributed by atoms with Crippen LogP contribution < -0.4 is 4.74 Å². The zero-order valence-electron chi connectivity index (χ0n) is 12.5. The molecule has 21 heavy (non-hydrogen) atoms. The third-order valence-corrected chi connectivity index (χ3v) is 3.98. The maximum absolute atomic E-state index is 9.70. The molecular formula is C15H20ClN3O2. The molecule has 0 saturated heterocycles. The van der Waals surface area contributed by atoms with Gasteiger partial charge in [0.2, 0.25) is 0 Å². The molecule has 114 valence electrons. The third-order valence-electron chi connectivity index (χ3n) is 3.62. The Hall–Kier alpha value is -1.56. The van der Waals surface area contributed by atoms with Gasteiger partial charge < -0.3 is 14.4 Å². The molecule has 6 heteroatoms. The quantitative estimate of drug-likeness (QED) is 0.889. The Morgan fingerprint density at radius 3 is 2.52 bits per heavy atom. The Kier molecular flexibility index (Phi) is 5.22. The van der Waals surface area contributed by atoms with Crippen LogP contribution in [0.4, 0.5) is 0 Å². The highest BCUT2D eigenvalue weighted by atomic mass is 35.5. The number of halogens is 1. The molecule has 0 aliphatic rings. The minimum atomic E-state index is -0.105. The summed E-state index contributed by atoms with van der Waals surface area (Å²) in [5, 5.41) is 10.3. The molecule has 0 aliphatic heterocycles. The monoisotopic (exact) mass is 309 g/mol. The van der Waals surface area contributed by atoms with Crippen LogP contribution in [-0.4, -0.2) is 40.3 Å². The van der Waals surface area contributed by atoms with Crippen molar-refractivity contribution >= 4 is 11.6 Å². The molecule has 1 heterocycles. The predicted molar refractivity (Wildman–Crippen MR) is 82.5 cm³/mol. The van der Waals surface area contributed by atoms with Crippen LogP contribution in [0.15, 0.2) is 30.5 Å². The van der Waals surface area contributed by atoms with Gasteiger partial charge in [-0.25, -0.2) is 4.98 Å². The fourth-order valence-corrected chi connectivity index (χ4v) is 2.38. The van der Waals surface area contributed by atoms with Gasteiger partial charge in [0.05, 0.1) is 32.5 Å². The second-order valence-corrected chi connectivity index (χ2v) is 5.33. The first-order valence-corrected chi connectivity index (χ1v) is 7.05. The number of hydrogen-bond donors (Lipinski definition) is 1. The van der Waals surface area contributed by atoms with E-state index in [2.05, 4.69) is 4.98 Å². The van der Waals surface area contributed by atoms with Crippen molar-refractivity contribution in [3.63, 3.8) is 0 Å². The summed E-state index contributed by atoms with van der Waals surface area (Å²) in [5.41, 5.74) is 1.03. The van der Waals surface area contributed by atoms with E-state index < -0.39 is 0 Å². The molecule has 0 radical (unpaired) electrons. The lowest BCUT2D eigenvalue weighted by atomic mass is 10.1. The Morgan fingerprint density at radius 1 is 1.38 bits per heavy atom. The molecule has 0 fully saturated rings. The van der Waals surface area contributed by atoms with Gasteiger partial charge >= 0.3 is 0 Å². The van der Waals surface area contributed by atoms with Gasteiger partial charge in [0.15, 0.2) is 0 Å². The number of aliphatic hydroxyl groups excluding tert-OH is 1. The maximum atomic E-state index is 9.70. The van der Waals surface area contributed by atoms with Crippen molar-refractivity contribution in [3.8, 4) is 5.75 Å². The van der Waals surface area contributed by atoms with E-state index in [0.29, 0.717) is 11.7 Å². The van der Waals surface area contributed by atoms with E-state index in [0.717, 1.165) is 17.1 Å². The summed E-state index contributed by atoms with van der Waals surface area (Å²) in [5.74, 6) is 1.66. The van der Waals surface area contributed by atoms with Gasteiger partial charge in [-0.15, -0.1) is 0 Å². The number of likely N-dealkylation sites (N-methyl/N-ethyl adjacent to an activating group) is 1. The van der Waals surface area contributed by atoms with E-state index in [4.69, 9.17) is 16.3 Å². The number of rotatable bonds is 6. The molecule has 1 aromatic heterocycles. The molecule has 1 aromatic carbocycles. The standard InChI is InChI=1S/C15H20ClN3O2/c1-18(9-15-17-8-14(16)19(15)2)13(10-20)11-4-6-12(21-3)7-5-11/h4-8,13,20H,9-10H2,1-3H3. The summed E-state index contributed by atoms with van der Waals surface area (Å²) >= 11 is 6.00. The molecule has 2 rings (SSSR count). The summed E-state index contributed by atoms with van der Waals surface area (Å²) < 4.78 is 6.99. The van der Waals surface area contributed by atoms with Crippen molar-refractivity contribution in [1.82, 2.24) is 14.5 Å². The van der Waals surface area contributed by atoms with Crippen LogP contribution in [0.1, 0.15) is 17.4 Å². The lowest BCUT2D eigenvalue weighted by Crippen LogP contribution is -2.28. The van der Waals surface area contributed by atoms with Gasteiger partial charge in [-0.3, -0.25) is 4.90 Å². The normalized spacial score (nSPS) is 12.7. The average Bonchev–Trinajstić information content (AvgIpc) is 2.81. The zero-order valence-corrected chi connectivity index (χ0v) is 13.2. The number of methoxy groups -OCH3 is 1. The van der Waals surface area contributed by atoms with Crippen LogP contribution in [0, 0.1) is 0 Å². The largest absolute Gasteiger partial charge is 0.497 e. The number of hydrogen-bond acceptors (Lipinski definition) is 4. The third kappa shape index (κ3) is 3.56. The number of ether oxygens (including phenoxy) is 1. The molecule has 2 aromatic rings. The van der Waals surface area contributed by atoms with Crippen molar-refractivity contribution in [2.75, 3.05) is 20.8 Å². The van der Waals surface area contributed by atoms with Gasteiger partial charge in [0, 0.05) is 7.05 Å². The number of benzene rings is 1. The van der Waals surface area contributed by atoms with Crippen molar-refractivity contribution in [3.05, 3.63) is 47.0 Å². The van der Waals surface area contributed by atoms with Crippen LogP contribution >= 0.6 is 11.6 Å². The highest BCUT2D eigenvalue weighted by molar-refractivity contribution is 6.29. The first-order chi connectivity index (χ1) is 10.1. The molecule has 0 spiro atoms. The Morgan fingerprint density at radius 2 is 2.05 bits per heavy atom. The van der Waals surface area contributed by atoms with Crippen LogP contribution in [0.5, 0.6) is 5.75 Å². The van der Waals surface area contributed by atoms with Gasteiger partial charge in [0.1, 0.15) is 16.7 Å². The molecule has 5 nitrogen and oxygen atoms in total. The summed E-state index contributed by atoms with van der Waals surface area (Å²) in [7, 11) is 5.46. The number of imidazole rings is 1. The average molecular weight is 310 g/mol. The van der Waals surface area contributed by atoms with Crippen molar-refractivity contribution in [2.24, 2.45) is 7.05 Å². The molecular weight excluding hydrogens is 290 g/mol. The molecule has 1 N–H and O–H groups in total. The first-order valence-electron chi connectivity index (χ1n) is 6.68. The van der Waals surface area contributed by atoms with Crippen molar-refractivity contribution in [2.45, 2.75) is 12.6 Å².